The van der Waals surface area contributed by atoms with Gasteiger partial charge in [0.05, 0.1) is 11.4 Å². The quantitative estimate of drug-likeness (QED) is 0.860. The molecule has 0 bridgehead atoms. The lowest BCUT2D eigenvalue weighted by atomic mass is 10.1. The number of aryl methyl sites for hydroxylation is 4. The monoisotopic (exact) mass is 229 g/mol. The molecule has 0 amide bonds. The molecule has 3 heteroatoms. The summed E-state index contributed by atoms with van der Waals surface area (Å²) < 4.78 is 1.85. The summed E-state index contributed by atoms with van der Waals surface area (Å²) in [5.74, 6) is 0.705. The highest BCUT2D eigenvalue weighted by atomic mass is 15.3. The van der Waals surface area contributed by atoms with Crippen molar-refractivity contribution in [2.24, 2.45) is 0 Å². The van der Waals surface area contributed by atoms with Crippen LogP contribution < -0.4 is 5.73 Å². The molecular formula is C14H19N3. The van der Waals surface area contributed by atoms with Crippen molar-refractivity contribution in [3.8, 4) is 5.69 Å². The highest BCUT2D eigenvalue weighted by Gasteiger charge is 2.11. The SMILES string of the molecule is CCc1cc(N)n(-c2c(C)cc(C)cc2C)n1. The van der Waals surface area contributed by atoms with Crippen LogP contribution in [0.1, 0.15) is 29.3 Å². The Hall–Kier alpha value is -1.77. The van der Waals surface area contributed by atoms with E-state index in [0.717, 1.165) is 17.8 Å². The van der Waals surface area contributed by atoms with E-state index in [4.69, 9.17) is 5.73 Å². The molecule has 0 unspecified atom stereocenters. The summed E-state index contributed by atoms with van der Waals surface area (Å²) in [7, 11) is 0. The standard InChI is InChI=1S/C14H19N3/c1-5-12-8-13(15)17(16-12)14-10(3)6-9(2)7-11(14)4/h6-8H,5,15H2,1-4H3. The van der Waals surface area contributed by atoms with Crippen molar-refractivity contribution >= 4 is 5.82 Å². The van der Waals surface area contributed by atoms with E-state index in [0.29, 0.717) is 5.82 Å². The molecule has 0 saturated heterocycles. The first-order chi connectivity index (χ1) is 8.02. The normalized spacial score (nSPS) is 10.8. The fraction of sp³-hybridized carbons (Fsp3) is 0.357. The van der Waals surface area contributed by atoms with Gasteiger partial charge in [-0.05, 0) is 38.3 Å². The summed E-state index contributed by atoms with van der Waals surface area (Å²) in [5.41, 5.74) is 11.8. The molecule has 1 heterocycles. The van der Waals surface area contributed by atoms with Crippen LogP contribution in [0.5, 0.6) is 0 Å². The molecule has 1 aromatic heterocycles. The summed E-state index contributed by atoms with van der Waals surface area (Å²) in [6, 6.07) is 6.27. The van der Waals surface area contributed by atoms with Gasteiger partial charge in [-0.15, -0.1) is 0 Å². The zero-order valence-electron chi connectivity index (χ0n) is 10.9. The number of nitrogens with two attached hydrogens (primary N) is 1. The molecule has 0 radical (unpaired) electrons. The third kappa shape index (κ3) is 2.05. The average Bonchev–Trinajstić information content (AvgIpc) is 2.59. The van der Waals surface area contributed by atoms with E-state index in [-0.39, 0.29) is 0 Å². The van der Waals surface area contributed by atoms with E-state index >= 15 is 0 Å². The second-order valence-corrected chi connectivity index (χ2v) is 4.57. The fourth-order valence-corrected chi connectivity index (χ4v) is 2.31. The molecule has 0 atom stereocenters. The molecule has 0 aliphatic rings. The van der Waals surface area contributed by atoms with E-state index in [1.165, 1.54) is 16.7 Å². The van der Waals surface area contributed by atoms with Crippen LogP contribution in [0.4, 0.5) is 5.82 Å². The van der Waals surface area contributed by atoms with Gasteiger partial charge in [-0.25, -0.2) is 4.68 Å². The van der Waals surface area contributed by atoms with E-state index in [9.17, 15) is 0 Å². The molecule has 90 valence electrons. The highest BCUT2D eigenvalue weighted by molar-refractivity contribution is 5.53. The van der Waals surface area contributed by atoms with Crippen molar-refractivity contribution in [2.75, 3.05) is 5.73 Å². The maximum atomic E-state index is 6.03. The molecular weight excluding hydrogens is 210 g/mol. The third-order valence-corrected chi connectivity index (χ3v) is 3.00. The number of aromatic nitrogens is 2. The Kier molecular flexibility index (Phi) is 2.92. The lowest BCUT2D eigenvalue weighted by Gasteiger charge is -2.12. The van der Waals surface area contributed by atoms with Crippen molar-refractivity contribution in [2.45, 2.75) is 34.1 Å². The predicted octanol–water partition coefficient (Wildman–Crippen LogP) is 2.94. The zero-order chi connectivity index (χ0) is 12.6. The Labute approximate surface area is 102 Å². The predicted molar refractivity (Wildman–Crippen MR) is 71.6 cm³/mol. The number of rotatable bonds is 2. The minimum absolute atomic E-state index is 0.705. The van der Waals surface area contributed by atoms with Crippen LogP contribution in [0.3, 0.4) is 0 Å². The smallest absolute Gasteiger partial charge is 0.127 e. The number of hydrogen-bond donors (Lipinski definition) is 1. The van der Waals surface area contributed by atoms with Crippen LogP contribution in [0, 0.1) is 20.8 Å². The average molecular weight is 229 g/mol. The second kappa shape index (κ2) is 4.24. The largest absolute Gasteiger partial charge is 0.384 e. The van der Waals surface area contributed by atoms with Gasteiger partial charge in [0.1, 0.15) is 5.82 Å². The summed E-state index contributed by atoms with van der Waals surface area (Å²) in [5, 5.41) is 4.54. The molecule has 0 aliphatic carbocycles. The van der Waals surface area contributed by atoms with E-state index < -0.39 is 0 Å². The molecule has 0 spiro atoms. The molecule has 1 aromatic carbocycles. The Morgan fingerprint density at radius 1 is 1.12 bits per heavy atom. The summed E-state index contributed by atoms with van der Waals surface area (Å²) >= 11 is 0. The van der Waals surface area contributed by atoms with Crippen LogP contribution in [-0.2, 0) is 6.42 Å². The number of benzene rings is 1. The first-order valence-corrected chi connectivity index (χ1v) is 5.95. The second-order valence-electron chi connectivity index (χ2n) is 4.57. The molecule has 0 aliphatic heterocycles. The van der Waals surface area contributed by atoms with Gasteiger partial charge in [-0.2, -0.15) is 5.10 Å². The fourth-order valence-electron chi connectivity index (χ4n) is 2.31. The van der Waals surface area contributed by atoms with Gasteiger partial charge in [-0.1, -0.05) is 24.6 Å². The van der Waals surface area contributed by atoms with Gasteiger partial charge in [0.15, 0.2) is 0 Å². The molecule has 3 nitrogen and oxygen atoms in total. The van der Waals surface area contributed by atoms with Crippen molar-refractivity contribution in [3.63, 3.8) is 0 Å². The van der Waals surface area contributed by atoms with Gasteiger partial charge in [0, 0.05) is 6.07 Å². The summed E-state index contributed by atoms with van der Waals surface area (Å²) in [4.78, 5) is 0. The first-order valence-electron chi connectivity index (χ1n) is 5.95. The van der Waals surface area contributed by atoms with Crippen LogP contribution in [0.2, 0.25) is 0 Å². The van der Waals surface area contributed by atoms with Gasteiger partial charge in [0.25, 0.3) is 0 Å². The van der Waals surface area contributed by atoms with Crippen LogP contribution in [-0.4, -0.2) is 9.78 Å². The zero-order valence-corrected chi connectivity index (χ0v) is 10.9. The molecule has 17 heavy (non-hydrogen) atoms. The van der Waals surface area contributed by atoms with Crippen LogP contribution in [0.15, 0.2) is 18.2 Å². The number of hydrogen-bond acceptors (Lipinski definition) is 2. The van der Waals surface area contributed by atoms with E-state index in [1.54, 1.807) is 0 Å². The summed E-state index contributed by atoms with van der Waals surface area (Å²) in [6.45, 7) is 8.39. The van der Waals surface area contributed by atoms with Gasteiger partial charge in [-0.3, -0.25) is 0 Å². The van der Waals surface area contributed by atoms with Crippen molar-refractivity contribution in [1.29, 1.82) is 0 Å². The molecule has 2 rings (SSSR count). The van der Waals surface area contributed by atoms with Crippen molar-refractivity contribution < 1.29 is 0 Å². The molecule has 0 saturated carbocycles. The highest BCUT2D eigenvalue weighted by Crippen LogP contribution is 2.23. The van der Waals surface area contributed by atoms with Gasteiger partial charge in [0.2, 0.25) is 0 Å². The third-order valence-electron chi connectivity index (χ3n) is 3.00. The van der Waals surface area contributed by atoms with Crippen molar-refractivity contribution in [3.05, 3.63) is 40.6 Å². The van der Waals surface area contributed by atoms with Crippen LogP contribution in [0.25, 0.3) is 5.69 Å². The van der Waals surface area contributed by atoms with Crippen LogP contribution >= 0.6 is 0 Å². The van der Waals surface area contributed by atoms with Crippen molar-refractivity contribution in [1.82, 2.24) is 9.78 Å². The molecule has 2 N–H and O–H groups in total. The lowest BCUT2D eigenvalue weighted by Crippen LogP contribution is -2.06. The van der Waals surface area contributed by atoms with Gasteiger partial charge < -0.3 is 5.73 Å². The number of nitrogens with zero attached hydrogens (tertiary/aromatic N) is 2. The topological polar surface area (TPSA) is 43.8 Å². The Bertz CT molecular complexity index is 530. The Morgan fingerprint density at radius 2 is 1.71 bits per heavy atom. The minimum atomic E-state index is 0.705. The summed E-state index contributed by atoms with van der Waals surface area (Å²) in [6.07, 6.45) is 0.904. The molecule has 0 fully saturated rings. The number of anilines is 1. The lowest BCUT2D eigenvalue weighted by molar-refractivity contribution is 0.837. The number of nitrogen functional groups attached to an aromatic ring is 1. The maximum absolute atomic E-state index is 6.03. The Morgan fingerprint density at radius 3 is 2.18 bits per heavy atom. The van der Waals surface area contributed by atoms with E-state index in [1.807, 2.05) is 10.7 Å². The maximum Gasteiger partial charge on any atom is 0.127 e. The molecule has 2 aromatic rings. The first kappa shape index (κ1) is 11.7. The Balaban J connectivity index is 2.63. The van der Waals surface area contributed by atoms with E-state index in [2.05, 4.69) is 44.9 Å². The van der Waals surface area contributed by atoms with Gasteiger partial charge >= 0.3 is 0 Å². The minimum Gasteiger partial charge on any atom is -0.384 e.